The second-order valence-electron chi connectivity index (χ2n) is 5.91. The van der Waals surface area contributed by atoms with Crippen molar-refractivity contribution in [2.24, 2.45) is 5.92 Å². The van der Waals surface area contributed by atoms with E-state index in [4.69, 9.17) is 22.4 Å². The number of rotatable bonds is 6. The van der Waals surface area contributed by atoms with E-state index in [1.165, 1.54) is 6.42 Å². The fourth-order valence-corrected chi connectivity index (χ4v) is 1.08. The Bertz CT molecular complexity index is 351. The SMILES string of the molecule is CC(C)CCCCC(=O)ONC(C)(C)C.O=S(=O)(O)O. The lowest BCUT2D eigenvalue weighted by molar-refractivity contribution is -0.155. The zero-order valence-electron chi connectivity index (χ0n) is 12.8. The number of hydrogen-bond donors (Lipinski definition) is 3. The average Bonchev–Trinajstić information content (AvgIpc) is 2.18. The van der Waals surface area contributed by atoms with Gasteiger partial charge in [-0.1, -0.05) is 26.7 Å². The largest absolute Gasteiger partial charge is 0.394 e. The Hall–Kier alpha value is -0.700. The third-order valence-corrected chi connectivity index (χ3v) is 1.88. The Balaban J connectivity index is 0. The molecule has 0 atom stereocenters. The molecule has 122 valence electrons. The summed E-state index contributed by atoms with van der Waals surface area (Å²) in [6.07, 6.45) is 3.71. The van der Waals surface area contributed by atoms with E-state index in [-0.39, 0.29) is 11.5 Å². The van der Waals surface area contributed by atoms with Crippen LogP contribution in [0.25, 0.3) is 0 Å². The molecule has 0 aromatic carbocycles. The normalized spacial score (nSPS) is 11.8. The highest BCUT2D eigenvalue weighted by Crippen LogP contribution is 2.08. The van der Waals surface area contributed by atoms with Crippen molar-refractivity contribution in [1.82, 2.24) is 5.48 Å². The average molecular weight is 313 g/mol. The number of unbranched alkanes of at least 4 members (excludes halogenated alkanes) is 1. The van der Waals surface area contributed by atoms with Crippen LogP contribution >= 0.6 is 0 Å². The van der Waals surface area contributed by atoms with Gasteiger partial charge < -0.3 is 4.84 Å². The molecule has 0 amide bonds. The minimum atomic E-state index is -4.67. The molecule has 0 aliphatic carbocycles. The standard InChI is InChI=1S/C12H25NO2.H2O4S/c1-10(2)8-6-7-9-11(14)15-13-12(3,4)5;1-5(2,3)4/h10,13H,6-9H2,1-5H3;(H2,1,2,3,4). The second kappa shape index (κ2) is 10.1. The van der Waals surface area contributed by atoms with E-state index >= 15 is 0 Å². The Morgan fingerprint density at radius 1 is 1.20 bits per heavy atom. The molecule has 0 aromatic rings. The number of hydroxylamine groups is 1. The van der Waals surface area contributed by atoms with Gasteiger partial charge in [0.05, 0.1) is 0 Å². The van der Waals surface area contributed by atoms with Crippen LogP contribution in [0.4, 0.5) is 0 Å². The lowest BCUT2D eigenvalue weighted by Gasteiger charge is -2.19. The van der Waals surface area contributed by atoms with Crippen LogP contribution in [0.1, 0.15) is 60.3 Å². The molecule has 8 heteroatoms. The number of hydrogen-bond acceptors (Lipinski definition) is 5. The molecule has 0 aromatic heterocycles. The quantitative estimate of drug-likeness (QED) is 0.392. The molecule has 0 aliphatic rings. The van der Waals surface area contributed by atoms with Crippen molar-refractivity contribution >= 4 is 16.4 Å². The molecule has 0 radical (unpaired) electrons. The van der Waals surface area contributed by atoms with Crippen LogP contribution < -0.4 is 5.48 Å². The van der Waals surface area contributed by atoms with Gasteiger partial charge in [-0.25, -0.2) is 0 Å². The molecule has 7 nitrogen and oxygen atoms in total. The van der Waals surface area contributed by atoms with E-state index in [0.29, 0.717) is 12.3 Å². The Morgan fingerprint density at radius 3 is 2.00 bits per heavy atom. The topological polar surface area (TPSA) is 113 Å². The molecular weight excluding hydrogens is 286 g/mol. The zero-order valence-corrected chi connectivity index (χ0v) is 13.7. The zero-order chi connectivity index (χ0) is 16.4. The second-order valence-corrected chi connectivity index (χ2v) is 6.81. The first-order valence-corrected chi connectivity index (χ1v) is 7.87. The molecule has 0 bridgehead atoms. The van der Waals surface area contributed by atoms with Crippen molar-refractivity contribution in [2.75, 3.05) is 0 Å². The first kappa shape index (κ1) is 21.6. The van der Waals surface area contributed by atoms with E-state index in [9.17, 15) is 4.79 Å². The summed E-state index contributed by atoms with van der Waals surface area (Å²) < 4.78 is 31.6. The third kappa shape index (κ3) is 30.4. The molecule has 0 saturated heterocycles. The van der Waals surface area contributed by atoms with Gasteiger partial charge in [0.1, 0.15) is 0 Å². The van der Waals surface area contributed by atoms with Crippen LogP contribution in [0.3, 0.4) is 0 Å². The van der Waals surface area contributed by atoms with Gasteiger partial charge in [-0.3, -0.25) is 13.9 Å². The van der Waals surface area contributed by atoms with Crippen molar-refractivity contribution in [1.29, 1.82) is 0 Å². The lowest BCUT2D eigenvalue weighted by Crippen LogP contribution is -2.37. The van der Waals surface area contributed by atoms with Crippen LogP contribution in [-0.4, -0.2) is 29.0 Å². The van der Waals surface area contributed by atoms with E-state index < -0.39 is 10.4 Å². The highest BCUT2D eigenvalue weighted by Gasteiger charge is 2.12. The van der Waals surface area contributed by atoms with Gasteiger partial charge in [-0.05, 0) is 33.1 Å². The monoisotopic (exact) mass is 313 g/mol. The van der Waals surface area contributed by atoms with Crippen LogP contribution in [-0.2, 0) is 20.0 Å². The van der Waals surface area contributed by atoms with Crippen molar-refractivity contribution in [3.8, 4) is 0 Å². The summed E-state index contributed by atoms with van der Waals surface area (Å²) in [7, 11) is -4.67. The van der Waals surface area contributed by atoms with Crippen molar-refractivity contribution in [2.45, 2.75) is 65.8 Å². The molecular formula is C12H27NO6S. The summed E-state index contributed by atoms with van der Waals surface area (Å²) in [5.74, 6) is 0.558. The van der Waals surface area contributed by atoms with Crippen LogP contribution in [0, 0.1) is 5.92 Å². The van der Waals surface area contributed by atoms with Gasteiger partial charge in [0.15, 0.2) is 0 Å². The molecule has 0 fully saturated rings. The fourth-order valence-electron chi connectivity index (χ4n) is 1.08. The molecule has 0 aliphatic heterocycles. The van der Waals surface area contributed by atoms with Crippen LogP contribution in [0.5, 0.6) is 0 Å². The third-order valence-electron chi connectivity index (χ3n) is 1.88. The number of carbonyl (C=O) groups excluding carboxylic acids is 1. The van der Waals surface area contributed by atoms with Crippen LogP contribution in [0.2, 0.25) is 0 Å². The summed E-state index contributed by atoms with van der Waals surface area (Å²) >= 11 is 0. The summed E-state index contributed by atoms with van der Waals surface area (Å²) in [4.78, 5) is 16.2. The summed E-state index contributed by atoms with van der Waals surface area (Å²) in [6, 6.07) is 0. The molecule has 0 rings (SSSR count). The maximum absolute atomic E-state index is 11.2. The smallest absolute Gasteiger partial charge is 0.370 e. The van der Waals surface area contributed by atoms with Crippen molar-refractivity contribution < 1.29 is 27.2 Å². The lowest BCUT2D eigenvalue weighted by atomic mass is 10.1. The first-order chi connectivity index (χ1) is 8.81. The first-order valence-electron chi connectivity index (χ1n) is 6.48. The predicted octanol–water partition coefficient (Wildman–Crippen LogP) is 2.40. The summed E-state index contributed by atoms with van der Waals surface area (Å²) in [6.45, 7) is 10.3. The predicted molar refractivity (Wildman–Crippen MR) is 76.5 cm³/mol. The summed E-state index contributed by atoms with van der Waals surface area (Å²) in [5.41, 5.74) is 2.55. The Labute approximate surface area is 121 Å². The molecule has 0 spiro atoms. The highest BCUT2D eigenvalue weighted by atomic mass is 32.3. The number of nitrogens with one attached hydrogen (secondary N) is 1. The summed E-state index contributed by atoms with van der Waals surface area (Å²) in [5, 5.41) is 0. The van der Waals surface area contributed by atoms with Gasteiger partial charge in [0.25, 0.3) is 0 Å². The van der Waals surface area contributed by atoms with Gasteiger partial charge >= 0.3 is 16.4 Å². The minimum Gasteiger partial charge on any atom is -0.370 e. The van der Waals surface area contributed by atoms with E-state index in [1.54, 1.807) is 0 Å². The van der Waals surface area contributed by atoms with Gasteiger partial charge in [-0.2, -0.15) is 8.42 Å². The van der Waals surface area contributed by atoms with E-state index in [0.717, 1.165) is 12.8 Å². The van der Waals surface area contributed by atoms with E-state index in [2.05, 4.69) is 19.3 Å². The van der Waals surface area contributed by atoms with Gasteiger partial charge in [0.2, 0.25) is 0 Å². The molecule has 0 unspecified atom stereocenters. The minimum absolute atomic E-state index is 0.159. The maximum atomic E-state index is 11.2. The van der Waals surface area contributed by atoms with Crippen LogP contribution in [0.15, 0.2) is 0 Å². The maximum Gasteiger partial charge on any atom is 0.394 e. The Kier molecular flexibility index (Phi) is 10.9. The number of carbonyl (C=O) groups is 1. The van der Waals surface area contributed by atoms with Gasteiger partial charge in [0, 0.05) is 12.0 Å². The van der Waals surface area contributed by atoms with Gasteiger partial charge in [-0.15, -0.1) is 5.48 Å². The molecule has 3 N–H and O–H groups in total. The van der Waals surface area contributed by atoms with Crippen molar-refractivity contribution in [3.05, 3.63) is 0 Å². The van der Waals surface area contributed by atoms with Crippen molar-refractivity contribution in [3.63, 3.8) is 0 Å². The van der Waals surface area contributed by atoms with E-state index in [1.807, 2.05) is 20.8 Å². The molecule has 0 saturated carbocycles. The molecule has 20 heavy (non-hydrogen) atoms. The molecule has 0 heterocycles. The highest BCUT2D eigenvalue weighted by molar-refractivity contribution is 7.79. The fraction of sp³-hybridized carbons (Fsp3) is 0.917. The Morgan fingerprint density at radius 2 is 1.65 bits per heavy atom.